The molecule has 0 N–H and O–H groups in total. The first-order chi connectivity index (χ1) is 17.6. The third-order valence-corrected chi connectivity index (χ3v) is 7.86. The van der Waals surface area contributed by atoms with Crippen LogP contribution in [0.5, 0.6) is 0 Å². The van der Waals surface area contributed by atoms with Gasteiger partial charge < -0.3 is 9.80 Å². The summed E-state index contributed by atoms with van der Waals surface area (Å²) < 4.78 is 1.58. The molecule has 0 aliphatic carbocycles. The summed E-state index contributed by atoms with van der Waals surface area (Å²) in [6, 6.07) is 22.8. The molecule has 3 aromatic rings. The highest BCUT2D eigenvalue weighted by Crippen LogP contribution is 2.25. The molecule has 188 valence electrons. The molecule has 36 heavy (non-hydrogen) atoms. The molecule has 0 radical (unpaired) electrons. The molecule has 0 unspecified atom stereocenters. The van der Waals surface area contributed by atoms with E-state index in [2.05, 4.69) is 53.6 Å². The highest BCUT2D eigenvalue weighted by Gasteiger charge is 2.29. The standard InChI is InChI=1S/C30H36N4O2/c1-32-28(30(36)34-18-14-26(15-19-34)21-24-10-6-3-7-11-24)22-27(31-32)29(35)33-16-12-25(13-17-33)20-23-8-4-2-5-9-23/h2-11,22,25-26H,12-21H2,1H3. The minimum Gasteiger partial charge on any atom is -0.337 e. The molecule has 0 saturated carbocycles. The second kappa shape index (κ2) is 11.1. The lowest BCUT2D eigenvalue weighted by Gasteiger charge is -2.32. The number of hydrogen-bond acceptors (Lipinski definition) is 3. The summed E-state index contributed by atoms with van der Waals surface area (Å²) in [6.45, 7) is 2.98. The van der Waals surface area contributed by atoms with E-state index in [-0.39, 0.29) is 11.8 Å². The van der Waals surface area contributed by atoms with Gasteiger partial charge in [0.1, 0.15) is 5.69 Å². The van der Waals surface area contributed by atoms with Gasteiger partial charge in [-0.1, -0.05) is 60.7 Å². The lowest BCUT2D eigenvalue weighted by molar-refractivity contribution is 0.0674. The number of piperidine rings is 2. The van der Waals surface area contributed by atoms with E-state index in [9.17, 15) is 9.59 Å². The van der Waals surface area contributed by atoms with Crippen molar-refractivity contribution < 1.29 is 9.59 Å². The Kier molecular flexibility index (Phi) is 7.49. The minimum atomic E-state index is -0.0654. The molecule has 2 aliphatic heterocycles. The van der Waals surface area contributed by atoms with Crippen LogP contribution in [0, 0.1) is 11.8 Å². The van der Waals surface area contributed by atoms with Gasteiger partial charge in [0.15, 0.2) is 5.69 Å². The number of rotatable bonds is 6. The maximum absolute atomic E-state index is 13.3. The molecule has 5 rings (SSSR count). The van der Waals surface area contributed by atoms with Crippen LogP contribution in [0.15, 0.2) is 66.7 Å². The highest BCUT2D eigenvalue weighted by molar-refractivity contribution is 5.98. The molecular formula is C30H36N4O2. The summed E-state index contributed by atoms with van der Waals surface area (Å²) in [5.74, 6) is 1.11. The van der Waals surface area contributed by atoms with Gasteiger partial charge in [-0.05, 0) is 61.5 Å². The average molecular weight is 485 g/mol. The molecule has 0 bridgehead atoms. The van der Waals surface area contributed by atoms with Crippen LogP contribution in [0.1, 0.15) is 57.8 Å². The number of nitrogens with zero attached hydrogens (tertiary/aromatic N) is 4. The van der Waals surface area contributed by atoms with Crippen LogP contribution in [0.2, 0.25) is 0 Å². The summed E-state index contributed by atoms with van der Waals surface area (Å²) in [4.78, 5) is 30.2. The number of amides is 2. The van der Waals surface area contributed by atoms with Crippen molar-refractivity contribution in [2.75, 3.05) is 26.2 Å². The average Bonchev–Trinajstić information content (AvgIpc) is 3.31. The monoisotopic (exact) mass is 484 g/mol. The number of benzene rings is 2. The fourth-order valence-electron chi connectivity index (χ4n) is 5.67. The third kappa shape index (κ3) is 5.69. The van der Waals surface area contributed by atoms with Crippen LogP contribution < -0.4 is 0 Å². The van der Waals surface area contributed by atoms with Gasteiger partial charge in [0.25, 0.3) is 11.8 Å². The number of carbonyl (C=O) groups excluding carboxylic acids is 2. The molecule has 6 nitrogen and oxygen atoms in total. The van der Waals surface area contributed by atoms with Gasteiger partial charge in [-0.25, -0.2) is 0 Å². The van der Waals surface area contributed by atoms with Crippen molar-refractivity contribution in [3.05, 3.63) is 89.2 Å². The Morgan fingerprint density at radius 1 is 0.722 bits per heavy atom. The number of hydrogen-bond donors (Lipinski definition) is 0. The molecule has 2 fully saturated rings. The van der Waals surface area contributed by atoms with E-state index >= 15 is 0 Å². The Morgan fingerprint density at radius 3 is 1.64 bits per heavy atom. The van der Waals surface area contributed by atoms with E-state index in [0.717, 1.165) is 64.7 Å². The zero-order valence-corrected chi connectivity index (χ0v) is 21.2. The van der Waals surface area contributed by atoms with E-state index in [1.165, 1.54) is 11.1 Å². The summed E-state index contributed by atoms with van der Waals surface area (Å²) in [5, 5.41) is 4.44. The minimum absolute atomic E-state index is 0.0243. The SMILES string of the molecule is Cn1nc(C(=O)N2CCC(Cc3ccccc3)CC2)cc1C(=O)N1CCC(Cc2ccccc2)CC1. The Balaban J connectivity index is 1.14. The van der Waals surface area contributed by atoms with Crippen molar-refractivity contribution in [1.82, 2.24) is 19.6 Å². The van der Waals surface area contributed by atoms with Gasteiger partial charge in [0.2, 0.25) is 0 Å². The van der Waals surface area contributed by atoms with Gasteiger partial charge in [0, 0.05) is 39.3 Å². The van der Waals surface area contributed by atoms with Crippen LogP contribution in [-0.2, 0) is 19.9 Å². The zero-order valence-electron chi connectivity index (χ0n) is 21.2. The number of aryl methyl sites for hydroxylation is 1. The molecule has 2 amide bonds. The van der Waals surface area contributed by atoms with Crippen molar-refractivity contribution in [1.29, 1.82) is 0 Å². The largest absolute Gasteiger partial charge is 0.337 e. The summed E-state index contributed by atoms with van der Waals surface area (Å²) in [5.41, 5.74) is 3.60. The van der Waals surface area contributed by atoms with Crippen molar-refractivity contribution in [2.45, 2.75) is 38.5 Å². The van der Waals surface area contributed by atoms with E-state index < -0.39 is 0 Å². The van der Waals surface area contributed by atoms with Gasteiger partial charge in [-0.2, -0.15) is 5.10 Å². The fraction of sp³-hybridized carbons (Fsp3) is 0.433. The van der Waals surface area contributed by atoms with E-state index in [1.54, 1.807) is 17.8 Å². The van der Waals surface area contributed by atoms with Crippen LogP contribution in [0.3, 0.4) is 0 Å². The first-order valence-electron chi connectivity index (χ1n) is 13.3. The maximum atomic E-state index is 13.3. The molecular weight excluding hydrogens is 448 g/mol. The molecule has 0 atom stereocenters. The normalized spacial score (nSPS) is 17.4. The second-order valence-corrected chi connectivity index (χ2v) is 10.4. The van der Waals surface area contributed by atoms with Gasteiger partial charge in [0.05, 0.1) is 0 Å². The molecule has 3 heterocycles. The van der Waals surface area contributed by atoms with Crippen LogP contribution >= 0.6 is 0 Å². The number of aromatic nitrogens is 2. The first-order valence-corrected chi connectivity index (χ1v) is 13.3. The second-order valence-electron chi connectivity index (χ2n) is 10.4. The zero-order chi connectivity index (χ0) is 24.9. The third-order valence-electron chi connectivity index (χ3n) is 7.86. The van der Waals surface area contributed by atoms with Crippen LogP contribution in [0.4, 0.5) is 0 Å². The van der Waals surface area contributed by atoms with Crippen molar-refractivity contribution in [3.63, 3.8) is 0 Å². The summed E-state index contributed by atoms with van der Waals surface area (Å²) >= 11 is 0. The Labute approximate surface area is 213 Å². The molecule has 2 aliphatic rings. The van der Waals surface area contributed by atoms with Crippen LogP contribution in [-0.4, -0.2) is 57.6 Å². The van der Waals surface area contributed by atoms with E-state index in [0.29, 0.717) is 23.2 Å². The molecule has 2 saturated heterocycles. The topological polar surface area (TPSA) is 58.4 Å². The molecule has 0 spiro atoms. The van der Waals surface area contributed by atoms with Gasteiger partial charge >= 0.3 is 0 Å². The fourth-order valence-corrected chi connectivity index (χ4v) is 5.67. The smallest absolute Gasteiger partial charge is 0.274 e. The lowest BCUT2D eigenvalue weighted by Crippen LogP contribution is -2.39. The van der Waals surface area contributed by atoms with E-state index in [1.807, 2.05) is 21.9 Å². The predicted octanol–water partition coefficient (Wildman–Crippen LogP) is 4.61. The van der Waals surface area contributed by atoms with Crippen molar-refractivity contribution in [2.24, 2.45) is 18.9 Å². The quantitative estimate of drug-likeness (QED) is 0.513. The molecule has 1 aromatic heterocycles. The van der Waals surface area contributed by atoms with Crippen LogP contribution in [0.25, 0.3) is 0 Å². The summed E-state index contributed by atoms with van der Waals surface area (Å²) in [6.07, 6.45) is 6.13. The lowest BCUT2D eigenvalue weighted by atomic mass is 9.90. The molecule has 6 heteroatoms. The first kappa shape index (κ1) is 24.3. The molecule has 2 aromatic carbocycles. The van der Waals surface area contributed by atoms with Gasteiger partial charge in [-0.3, -0.25) is 14.3 Å². The number of carbonyl (C=O) groups is 2. The van der Waals surface area contributed by atoms with Crippen molar-refractivity contribution in [3.8, 4) is 0 Å². The summed E-state index contributed by atoms with van der Waals surface area (Å²) in [7, 11) is 1.76. The Hall–Kier alpha value is -3.41. The maximum Gasteiger partial charge on any atom is 0.274 e. The predicted molar refractivity (Wildman–Crippen MR) is 141 cm³/mol. The van der Waals surface area contributed by atoms with E-state index in [4.69, 9.17) is 0 Å². The highest BCUT2D eigenvalue weighted by atomic mass is 16.2. The van der Waals surface area contributed by atoms with Gasteiger partial charge in [-0.15, -0.1) is 0 Å². The number of likely N-dealkylation sites (tertiary alicyclic amines) is 2. The Morgan fingerprint density at radius 2 is 1.17 bits per heavy atom. The Bertz CT molecular complexity index is 1160. The van der Waals surface area contributed by atoms with Crippen molar-refractivity contribution >= 4 is 11.8 Å².